The minimum atomic E-state index is 0.250. The van der Waals surface area contributed by atoms with Gasteiger partial charge in [0.1, 0.15) is 5.52 Å². The van der Waals surface area contributed by atoms with E-state index in [0.29, 0.717) is 17.5 Å². The van der Waals surface area contributed by atoms with Gasteiger partial charge in [-0.15, -0.1) is 0 Å². The molecular weight excluding hydrogens is 206 g/mol. The van der Waals surface area contributed by atoms with E-state index in [4.69, 9.17) is 11.5 Å². The monoisotopic (exact) mass is 219 g/mol. The molecule has 3 rings (SSSR count). The smallest absolute Gasteiger partial charge is 0.222 e. The number of rotatable bonds is 1. The van der Waals surface area contributed by atoms with Gasteiger partial charge in [0, 0.05) is 6.54 Å². The average Bonchev–Trinajstić information content (AvgIpc) is 2.83. The Kier molecular flexibility index (Phi) is 1.93. The number of nitrogens with two attached hydrogens (primary N) is 2. The molecule has 7 nitrogen and oxygen atoms in total. The van der Waals surface area contributed by atoms with Gasteiger partial charge < -0.3 is 16.8 Å². The molecule has 1 atom stereocenters. The van der Waals surface area contributed by atoms with Gasteiger partial charge in [-0.25, -0.2) is 9.97 Å². The highest BCUT2D eigenvalue weighted by atomic mass is 15.2. The van der Waals surface area contributed by atoms with Gasteiger partial charge >= 0.3 is 0 Å². The Hall–Kier alpha value is -1.89. The molecule has 2 aromatic heterocycles. The van der Waals surface area contributed by atoms with Gasteiger partial charge in [-0.2, -0.15) is 4.98 Å². The summed E-state index contributed by atoms with van der Waals surface area (Å²) in [6, 6.07) is 0.305. The lowest BCUT2D eigenvalue weighted by atomic mass is 10.2. The third-order valence-corrected chi connectivity index (χ3v) is 2.88. The topological polar surface area (TPSA) is 108 Å². The number of hydrogen-bond acceptors (Lipinski definition) is 6. The van der Waals surface area contributed by atoms with E-state index in [9.17, 15) is 0 Å². The number of nitrogen functional groups attached to an aromatic ring is 2. The van der Waals surface area contributed by atoms with Crippen molar-refractivity contribution < 1.29 is 0 Å². The number of anilines is 2. The van der Waals surface area contributed by atoms with Gasteiger partial charge in [-0.05, 0) is 13.0 Å². The molecule has 84 valence electrons. The maximum atomic E-state index is 5.90. The lowest BCUT2D eigenvalue weighted by Gasteiger charge is -2.12. The fourth-order valence-electron chi connectivity index (χ4n) is 2.14. The van der Waals surface area contributed by atoms with Crippen LogP contribution in [0.5, 0.6) is 0 Å². The normalized spacial score (nSPS) is 20.6. The average molecular weight is 219 g/mol. The minimum Gasteiger partial charge on any atom is -0.369 e. The van der Waals surface area contributed by atoms with Crippen molar-refractivity contribution in [3.05, 3.63) is 6.20 Å². The van der Waals surface area contributed by atoms with Gasteiger partial charge in [0.15, 0.2) is 5.65 Å². The summed E-state index contributed by atoms with van der Waals surface area (Å²) < 4.78 is 1.94. The van der Waals surface area contributed by atoms with Crippen LogP contribution in [0.2, 0.25) is 0 Å². The molecular formula is C9H13N7. The first-order valence-corrected chi connectivity index (χ1v) is 5.22. The highest BCUT2D eigenvalue weighted by Gasteiger charge is 2.22. The molecule has 16 heavy (non-hydrogen) atoms. The molecule has 2 aromatic rings. The van der Waals surface area contributed by atoms with Crippen molar-refractivity contribution in [1.82, 2.24) is 24.8 Å². The van der Waals surface area contributed by atoms with Gasteiger partial charge in [0.25, 0.3) is 0 Å². The lowest BCUT2D eigenvalue weighted by molar-refractivity contribution is 0.565. The van der Waals surface area contributed by atoms with Crippen molar-refractivity contribution in [3.63, 3.8) is 0 Å². The van der Waals surface area contributed by atoms with Crippen LogP contribution in [0.15, 0.2) is 6.20 Å². The third-order valence-electron chi connectivity index (χ3n) is 2.88. The predicted octanol–water partition coefficient (Wildman–Crippen LogP) is -0.475. The highest BCUT2D eigenvalue weighted by molar-refractivity contribution is 5.74. The fraction of sp³-hybridized carbons (Fsp3) is 0.444. The van der Waals surface area contributed by atoms with Crippen molar-refractivity contribution >= 4 is 23.1 Å². The van der Waals surface area contributed by atoms with E-state index in [2.05, 4.69) is 20.3 Å². The second kappa shape index (κ2) is 3.31. The van der Waals surface area contributed by atoms with Crippen LogP contribution in [-0.2, 0) is 0 Å². The zero-order chi connectivity index (χ0) is 11.1. The first-order valence-electron chi connectivity index (χ1n) is 5.22. The van der Waals surface area contributed by atoms with Crippen LogP contribution in [0.4, 0.5) is 11.9 Å². The maximum Gasteiger partial charge on any atom is 0.222 e. The van der Waals surface area contributed by atoms with Gasteiger partial charge in [-0.3, -0.25) is 4.57 Å². The summed E-state index contributed by atoms with van der Waals surface area (Å²) >= 11 is 0. The Morgan fingerprint density at radius 3 is 3.00 bits per heavy atom. The largest absolute Gasteiger partial charge is 0.369 e. The molecule has 0 saturated carbocycles. The van der Waals surface area contributed by atoms with E-state index < -0.39 is 0 Å². The summed E-state index contributed by atoms with van der Waals surface area (Å²) in [4.78, 5) is 12.3. The number of aromatic nitrogens is 4. The molecule has 1 unspecified atom stereocenters. The Morgan fingerprint density at radius 2 is 2.25 bits per heavy atom. The van der Waals surface area contributed by atoms with Crippen molar-refractivity contribution in [2.75, 3.05) is 24.6 Å². The molecule has 0 radical (unpaired) electrons. The molecule has 1 fully saturated rings. The van der Waals surface area contributed by atoms with Crippen LogP contribution >= 0.6 is 0 Å². The van der Waals surface area contributed by atoms with Crippen LogP contribution in [0.25, 0.3) is 11.2 Å². The van der Waals surface area contributed by atoms with Crippen molar-refractivity contribution in [2.24, 2.45) is 0 Å². The quantitative estimate of drug-likeness (QED) is 0.598. The number of nitrogens with one attached hydrogen (secondary N) is 1. The Balaban J connectivity index is 2.20. The van der Waals surface area contributed by atoms with Crippen LogP contribution in [-0.4, -0.2) is 32.6 Å². The van der Waals surface area contributed by atoms with E-state index >= 15 is 0 Å². The number of nitrogens with zero attached hydrogens (tertiary/aromatic N) is 4. The van der Waals surface area contributed by atoms with Gasteiger partial charge in [0.2, 0.25) is 11.9 Å². The van der Waals surface area contributed by atoms with Crippen LogP contribution in [0.3, 0.4) is 0 Å². The third kappa shape index (κ3) is 1.28. The van der Waals surface area contributed by atoms with Crippen molar-refractivity contribution in [2.45, 2.75) is 12.5 Å². The molecule has 3 heterocycles. The Labute approximate surface area is 91.9 Å². The van der Waals surface area contributed by atoms with Crippen LogP contribution in [0.1, 0.15) is 12.5 Å². The predicted molar refractivity (Wildman–Crippen MR) is 60.7 cm³/mol. The Morgan fingerprint density at radius 1 is 1.38 bits per heavy atom. The first kappa shape index (κ1) is 9.34. The number of hydrogen-bond donors (Lipinski definition) is 3. The summed E-state index contributed by atoms with van der Waals surface area (Å²) in [6.45, 7) is 1.88. The molecule has 1 aliphatic rings. The van der Waals surface area contributed by atoms with E-state index in [1.165, 1.54) is 0 Å². The molecule has 5 N–H and O–H groups in total. The summed E-state index contributed by atoms with van der Waals surface area (Å²) in [5, 5.41) is 3.29. The fourth-order valence-corrected chi connectivity index (χ4v) is 2.14. The van der Waals surface area contributed by atoms with Gasteiger partial charge in [0.05, 0.1) is 12.2 Å². The summed E-state index contributed by atoms with van der Waals surface area (Å²) in [5.41, 5.74) is 12.9. The van der Waals surface area contributed by atoms with Crippen molar-refractivity contribution in [3.8, 4) is 0 Å². The van der Waals surface area contributed by atoms with Crippen LogP contribution in [0, 0.1) is 0 Å². The molecule has 0 bridgehead atoms. The zero-order valence-corrected chi connectivity index (χ0v) is 8.72. The lowest BCUT2D eigenvalue weighted by Crippen LogP contribution is -2.15. The standard InChI is InChI=1S/C9H13N7/c10-8-13-4-6-7(15-8)16(9(11)14-6)5-1-2-12-3-5/h4-5,12H,1-3H2,(H2,11,14)(H2,10,13,15). The van der Waals surface area contributed by atoms with Crippen molar-refractivity contribution in [1.29, 1.82) is 0 Å². The van der Waals surface area contributed by atoms with E-state index in [0.717, 1.165) is 25.2 Å². The molecule has 0 amide bonds. The summed E-state index contributed by atoms with van der Waals surface area (Å²) in [7, 11) is 0. The molecule has 0 aromatic carbocycles. The van der Waals surface area contributed by atoms with E-state index in [1.807, 2.05) is 4.57 Å². The first-order chi connectivity index (χ1) is 7.75. The summed E-state index contributed by atoms with van der Waals surface area (Å²) in [6.07, 6.45) is 2.63. The summed E-state index contributed by atoms with van der Waals surface area (Å²) in [5.74, 6) is 0.725. The second-order valence-electron chi connectivity index (χ2n) is 3.92. The molecule has 1 saturated heterocycles. The minimum absolute atomic E-state index is 0.250. The Bertz CT molecular complexity index is 526. The van der Waals surface area contributed by atoms with Gasteiger partial charge in [-0.1, -0.05) is 0 Å². The maximum absolute atomic E-state index is 5.90. The van der Waals surface area contributed by atoms with E-state index in [1.54, 1.807) is 6.20 Å². The molecule has 0 spiro atoms. The number of imidazole rings is 1. The SMILES string of the molecule is Nc1ncc2nc(N)n(C3CCNC3)c2n1. The zero-order valence-electron chi connectivity index (χ0n) is 8.72. The van der Waals surface area contributed by atoms with Crippen LogP contribution < -0.4 is 16.8 Å². The molecule has 1 aliphatic heterocycles. The molecule has 7 heteroatoms. The second-order valence-corrected chi connectivity index (χ2v) is 3.92. The number of fused-ring (bicyclic) bond motifs is 1. The van der Waals surface area contributed by atoms with E-state index in [-0.39, 0.29) is 5.95 Å². The highest BCUT2D eigenvalue weighted by Crippen LogP contribution is 2.24. The molecule has 0 aliphatic carbocycles.